The Labute approximate surface area is 109 Å². The number of aliphatic hydroxyl groups excluding tert-OH is 1. The minimum atomic E-state index is 0.264. The molecular weight excluding hydrogens is 230 g/mol. The van der Waals surface area contributed by atoms with Crippen LogP contribution in [0.1, 0.15) is 32.8 Å². The number of rotatable bonds is 7. The van der Waals surface area contributed by atoms with Gasteiger partial charge in [-0.3, -0.25) is 0 Å². The summed E-state index contributed by atoms with van der Waals surface area (Å²) in [5, 5.41) is 12.8. The Hall–Kier alpha value is -0.510. The Morgan fingerprint density at radius 2 is 1.94 bits per heavy atom. The first-order chi connectivity index (χ1) is 8.13. The molecule has 0 fully saturated rings. The van der Waals surface area contributed by atoms with Gasteiger partial charge in [0.1, 0.15) is 0 Å². The first-order valence-corrected chi connectivity index (χ1v) is 7.10. The lowest BCUT2D eigenvalue weighted by molar-refractivity contribution is 0.289. The van der Waals surface area contributed by atoms with Gasteiger partial charge in [-0.25, -0.2) is 0 Å². The molecule has 0 saturated heterocycles. The first-order valence-electron chi connectivity index (χ1n) is 6.22. The molecule has 1 aromatic rings. The third-order valence-corrected chi connectivity index (χ3v) is 3.83. The summed E-state index contributed by atoms with van der Waals surface area (Å²) in [6, 6.07) is 8.99. The normalized spacial score (nSPS) is 13.0. The third-order valence-electron chi connectivity index (χ3n) is 2.54. The van der Waals surface area contributed by atoms with E-state index in [2.05, 4.69) is 50.4 Å². The van der Waals surface area contributed by atoms with Gasteiger partial charge in [-0.1, -0.05) is 39.0 Å². The summed E-state index contributed by atoms with van der Waals surface area (Å²) in [5.41, 5.74) is 1.34. The van der Waals surface area contributed by atoms with E-state index in [0.717, 1.165) is 13.0 Å². The van der Waals surface area contributed by atoms with E-state index in [9.17, 15) is 0 Å². The van der Waals surface area contributed by atoms with Crippen molar-refractivity contribution >= 4 is 11.8 Å². The molecule has 0 aliphatic rings. The lowest BCUT2D eigenvalue weighted by Gasteiger charge is -2.15. The molecule has 0 bridgehead atoms. The smallest absolute Gasteiger partial charge is 0.0441 e. The summed E-state index contributed by atoms with van der Waals surface area (Å²) in [4.78, 5) is 1.32. The van der Waals surface area contributed by atoms with Gasteiger partial charge < -0.3 is 10.4 Å². The van der Waals surface area contributed by atoms with Crippen LogP contribution < -0.4 is 5.32 Å². The van der Waals surface area contributed by atoms with E-state index in [-0.39, 0.29) is 6.61 Å². The van der Waals surface area contributed by atoms with Crippen LogP contribution in [0.4, 0.5) is 0 Å². The van der Waals surface area contributed by atoms with Crippen molar-refractivity contribution in [3.63, 3.8) is 0 Å². The van der Waals surface area contributed by atoms with Crippen molar-refractivity contribution in [1.82, 2.24) is 5.32 Å². The Balaban J connectivity index is 2.63. The van der Waals surface area contributed by atoms with Crippen LogP contribution in [0.15, 0.2) is 29.2 Å². The lowest BCUT2D eigenvalue weighted by atomic mass is 10.2. The van der Waals surface area contributed by atoms with E-state index in [1.165, 1.54) is 10.5 Å². The molecule has 0 saturated carbocycles. The molecule has 0 aliphatic heterocycles. The molecule has 2 nitrogen and oxygen atoms in total. The molecule has 1 atom stereocenters. The van der Waals surface area contributed by atoms with Crippen LogP contribution in [0.3, 0.4) is 0 Å². The first kappa shape index (κ1) is 14.6. The predicted molar refractivity (Wildman–Crippen MR) is 75.4 cm³/mol. The highest BCUT2D eigenvalue weighted by molar-refractivity contribution is 8.00. The molecule has 0 amide bonds. The van der Waals surface area contributed by atoms with Crippen LogP contribution in [0, 0.1) is 0 Å². The Kier molecular flexibility index (Phi) is 6.63. The second-order valence-electron chi connectivity index (χ2n) is 4.58. The Bertz CT molecular complexity index is 328. The Morgan fingerprint density at radius 1 is 1.24 bits per heavy atom. The molecule has 0 radical (unpaired) electrons. The highest BCUT2D eigenvalue weighted by Gasteiger charge is 2.07. The zero-order valence-corrected chi connectivity index (χ0v) is 11.8. The largest absolute Gasteiger partial charge is 0.396 e. The molecule has 0 aliphatic carbocycles. The van der Waals surface area contributed by atoms with Crippen molar-refractivity contribution in [2.24, 2.45) is 0 Å². The minimum Gasteiger partial charge on any atom is -0.396 e. The summed E-state index contributed by atoms with van der Waals surface area (Å²) in [6.07, 6.45) is 0.844. The van der Waals surface area contributed by atoms with Gasteiger partial charge in [-0.05, 0) is 18.1 Å². The van der Waals surface area contributed by atoms with Crippen LogP contribution in [0.5, 0.6) is 0 Å². The molecule has 1 aromatic carbocycles. The van der Waals surface area contributed by atoms with Gasteiger partial charge in [0.15, 0.2) is 0 Å². The number of hydrogen-bond acceptors (Lipinski definition) is 3. The topological polar surface area (TPSA) is 32.3 Å². The van der Waals surface area contributed by atoms with E-state index in [1.807, 2.05) is 11.8 Å². The fourth-order valence-corrected chi connectivity index (χ4v) is 2.64. The lowest BCUT2D eigenvalue weighted by Crippen LogP contribution is -2.22. The number of benzene rings is 1. The van der Waals surface area contributed by atoms with Crippen molar-refractivity contribution in [1.29, 1.82) is 0 Å². The van der Waals surface area contributed by atoms with Gasteiger partial charge >= 0.3 is 0 Å². The van der Waals surface area contributed by atoms with E-state index in [4.69, 9.17) is 5.11 Å². The van der Waals surface area contributed by atoms with E-state index in [0.29, 0.717) is 11.3 Å². The summed E-state index contributed by atoms with van der Waals surface area (Å²) >= 11 is 1.85. The molecule has 17 heavy (non-hydrogen) atoms. The summed E-state index contributed by atoms with van der Waals surface area (Å²) < 4.78 is 0. The molecule has 1 unspecified atom stereocenters. The fraction of sp³-hybridized carbons (Fsp3) is 0.571. The minimum absolute atomic E-state index is 0.264. The van der Waals surface area contributed by atoms with E-state index < -0.39 is 0 Å². The van der Waals surface area contributed by atoms with Gasteiger partial charge in [-0.15, -0.1) is 11.8 Å². The maximum absolute atomic E-state index is 8.93. The molecule has 0 spiro atoms. The molecule has 0 heterocycles. The van der Waals surface area contributed by atoms with Gasteiger partial charge in [0.2, 0.25) is 0 Å². The van der Waals surface area contributed by atoms with Crippen LogP contribution in [-0.4, -0.2) is 23.0 Å². The summed E-state index contributed by atoms with van der Waals surface area (Å²) in [5.74, 6) is 0. The van der Waals surface area contributed by atoms with Crippen LogP contribution >= 0.6 is 11.8 Å². The number of hydrogen-bond donors (Lipinski definition) is 2. The summed E-state index contributed by atoms with van der Waals surface area (Å²) in [7, 11) is 0. The highest BCUT2D eigenvalue weighted by Crippen LogP contribution is 2.28. The molecule has 2 N–H and O–H groups in total. The maximum Gasteiger partial charge on any atom is 0.0441 e. The monoisotopic (exact) mass is 253 g/mol. The quantitative estimate of drug-likeness (QED) is 0.733. The van der Waals surface area contributed by atoms with E-state index in [1.54, 1.807) is 0 Å². The van der Waals surface area contributed by atoms with Crippen LogP contribution in [0.2, 0.25) is 0 Å². The zero-order valence-electron chi connectivity index (χ0n) is 10.9. The highest BCUT2D eigenvalue weighted by atomic mass is 32.2. The zero-order chi connectivity index (χ0) is 12.7. The standard InChI is InChI=1S/C14H23NOS/c1-11(2)15-10-13-6-4-5-7-14(13)17-12(3)8-9-16/h4-7,11-12,15-16H,8-10H2,1-3H3. The summed E-state index contributed by atoms with van der Waals surface area (Å²) in [6.45, 7) is 7.65. The van der Waals surface area contributed by atoms with Gasteiger partial charge in [-0.2, -0.15) is 0 Å². The van der Waals surface area contributed by atoms with Crippen molar-refractivity contribution in [3.8, 4) is 0 Å². The molecule has 96 valence electrons. The van der Waals surface area contributed by atoms with Crippen LogP contribution in [0.25, 0.3) is 0 Å². The van der Waals surface area contributed by atoms with Gasteiger partial charge in [0, 0.05) is 29.3 Å². The number of nitrogens with one attached hydrogen (secondary N) is 1. The van der Waals surface area contributed by atoms with Gasteiger partial charge in [0.05, 0.1) is 0 Å². The van der Waals surface area contributed by atoms with Crippen molar-refractivity contribution in [2.75, 3.05) is 6.61 Å². The van der Waals surface area contributed by atoms with Gasteiger partial charge in [0.25, 0.3) is 0 Å². The average Bonchev–Trinajstić information content (AvgIpc) is 2.28. The maximum atomic E-state index is 8.93. The van der Waals surface area contributed by atoms with Crippen molar-refractivity contribution in [3.05, 3.63) is 29.8 Å². The predicted octanol–water partition coefficient (Wildman–Crippen LogP) is 3.05. The molecular formula is C14H23NOS. The van der Waals surface area contributed by atoms with Crippen molar-refractivity contribution < 1.29 is 5.11 Å². The third kappa shape index (κ3) is 5.57. The molecule has 0 aromatic heterocycles. The SMILES string of the molecule is CC(C)NCc1ccccc1SC(C)CCO. The fourth-order valence-electron chi connectivity index (χ4n) is 1.54. The number of thioether (sulfide) groups is 1. The second kappa shape index (κ2) is 7.75. The molecule has 1 rings (SSSR count). The second-order valence-corrected chi connectivity index (χ2v) is 6.06. The number of aliphatic hydroxyl groups is 1. The van der Waals surface area contributed by atoms with E-state index >= 15 is 0 Å². The molecule has 3 heteroatoms. The Morgan fingerprint density at radius 3 is 2.59 bits per heavy atom. The average molecular weight is 253 g/mol. The van der Waals surface area contributed by atoms with Crippen LogP contribution in [-0.2, 0) is 6.54 Å². The van der Waals surface area contributed by atoms with Crippen molar-refractivity contribution in [2.45, 2.75) is 49.9 Å².